The lowest BCUT2D eigenvalue weighted by atomic mass is 9.74. The molecule has 0 bridgehead atoms. The molecule has 0 aromatic carbocycles. The smallest absolute Gasteiger partial charge is 0.237 e. The molecule has 0 aromatic heterocycles. The van der Waals surface area contributed by atoms with Gasteiger partial charge in [0.1, 0.15) is 0 Å². The van der Waals surface area contributed by atoms with Crippen molar-refractivity contribution in [2.75, 3.05) is 0 Å². The molecule has 3 N–H and O–H groups in total. The van der Waals surface area contributed by atoms with Gasteiger partial charge in [-0.05, 0) is 18.8 Å². The number of amides is 1. The first kappa shape index (κ1) is 6.55. The molecule has 2 unspecified atom stereocenters. The lowest BCUT2D eigenvalue weighted by Gasteiger charge is -2.31. The van der Waals surface area contributed by atoms with Crippen LogP contribution in [-0.2, 0) is 4.79 Å². The number of carbonyl (C=O) groups is 1. The van der Waals surface area contributed by atoms with Crippen molar-refractivity contribution in [3.8, 4) is 0 Å². The molecule has 0 radical (unpaired) electrons. The van der Waals surface area contributed by atoms with Crippen LogP contribution in [-0.4, -0.2) is 5.91 Å². The molecule has 1 amide bonds. The van der Waals surface area contributed by atoms with Crippen LogP contribution in [0.2, 0.25) is 0 Å². The van der Waals surface area contributed by atoms with Crippen LogP contribution in [0.25, 0.3) is 0 Å². The second-order valence-electron chi connectivity index (χ2n) is 2.67. The molecule has 1 aliphatic carbocycles. The summed E-state index contributed by atoms with van der Waals surface area (Å²) in [6, 6.07) is 0. The Bertz CT molecular complexity index is 124. The number of hydrogen-bond acceptors (Lipinski definition) is 2. The molecule has 9 heavy (non-hydrogen) atoms. The Balaban J connectivity index is 2.35. The average molecular weight is 128 g/mol. The average Bonchev–Trinajstić information content (AvgIpc) is 1.84. The Labute approximate surface area is 54.6 Å². The highest BCUT2D eigenvalue weighted by Crippen LogP contribution is 2.33. The Morgan fingerprint density at radius 3 is 2.44 bits per heavy atom. The summed E-state index contributed by atoms with van der Waals surface area (Å²) in [5.41, 5.74) is 2.16. The van der Waals surface area contributed by atoms with Crippen molar-refractivity contribution in [2.24, 2.45) is 17.7 Å². The highest BCUT2D eigenvalue weighted by atomic mass is 16.2. The van der Waals surface area contributed by atoms with E-state index in [2.05, 4.69) is 12.3 Å². The molecule has 0 saturated heterocycles. The molecular formula is C6H12N2O. The second-order valence-corrected chi connectivity index (χ2v) is 2.67. The zero-order chi connectivity index (χ0) is 6.85. The topological polar surface area (TPSA) is 55.1 Å². The maximum atomic E-state index is 10.8. The Hall–Kier alpha value is -0.570. The van der Waals surface area contributed by atoms with Crippen LogP contribution in [0.15, 0.2) is 0 Å². The van der Waals surface area contributed by atoms with Crippen molar-refractivity contribution in [1.82, 2.24) is 5.43 Å². The predicted octanol–water partition coefficient (Wildman–Crippen LogP) is 0.0224. The van der Waals surface area contributed by atoms with E-state index in [4.69, 9.17) is 5.84 Å². The van der Waals surface area contributed by atoms with Gasteiger partial charge in [0.2, 0.25) is 5.91 Å². The van der Waals surface area contributed by atoms with Crippen LogP contribution in [0.5, 0.6) is 0 Å². The maximum Gasteiger partial charge on any atom is 0.237 e. The SMILES string of the molecule is CC1CCC1C(=O)NN. The second kappa shape index (κ2) is 2.35. The normalized spacial score (nSPS) is 33.1. The monoisotopic (exact) mass is 128 g/mol. The quantitative estimate of drug-likeness (QED) is 0.297. The van der Waals surface area contributed by atoms with Crippen molar-refractivity contribution < 1.29 is 4.79 Å². The summed E-state index contributed by atoms with van der Waals surface area (Å²) in [7, 11) is 0. The molecule has 2 atom stereocenters. The molecule has 1 saturated carbocycles. The van der Waals surface area contributed by atoms with Crippen LogP contribution in [0.1, 0.15) is 19.8 Å². The summed E-state index contributed by atoms with van der Waals surface area (Å²) in [6.45, 7) is 2.07. The molecule has 1 fully saturated rings. The van der Waals surface area contributed by atoms with E-state index in [9.17, 15) is 4.79 Å². The number of nitrogens with one attached hydrogen (secondary N) is 1. The largest absolute Gasteiger partial charge is 0.294 e. The minimum atomic E-state index is -0.00579. The molecule has 1 rings (SSSR count). The molecule has 3 nitrogen and oxygen atoms in total. The number of rotatable bonds is 1. The van der Waals surface area contributed by atoms with Gasteiger partial charge in [-0.15, -0.1) is 0 Å². The molecule has 3 heteroatoms. The van der Waals surface area contributed by atoms with Crippen LogP contribution in [0.4, 0.5) is 0 Å². The number of hydrogen-bond donors (Lipinski definition) is 2. The minimum Gasteiger partial charge on any atom is -0.294 e. The van der Waals surface area contributed by atoms with Gasteiger partial charge in [0.25, 0.3) is 0 Å². The van der Waals surface area contributed by atoms with Crippen LogP contribution in [0, 0.1) is 11.8 Å². The van der Waals surface area contributed by atoms with E-state index in [0.29, 0.717) is 5.92 Å². The predicted molar refractivity (Wildman–Crippen MR) is 34.2 cm³/mol. The van der Waals surface area contributed by atoms with E-state index in [0.717, 1.165) is 12.8 Å². The molecule has 52 valence electrons. The van der Waals surface area contributed by atoms with Gasteiger partial charge in [-0.1, -0.05) is 6.92 Å². The third kappa shape index (κ3) is 1.05. The van der Waals surface area contributed by atoms with Crippen molar-refractivity contribution in [2.45, 2.75) is 19.8 Å². The van der Waals surface area contributed by atoms with Gasteiger partial charge in [0.05, 0.1) is 0 Å². The summed E-state index contributed by atoms with van der Waals surface area (Å²) in [6.07, 6.45) is 2.17. The van der Waals surface area contributed by atoms with E-state index in [1.54, 1.807) is 0 Å². The fourth-order valence-electron chi connectivity index (χ4n) is 1.16. The van der Waals surface area contributed by atoms with Crippen molar-refractivity contribution >= 4 is 5.91 Å². The number of hydrazine groups is 1. The lowest BCUT2D eigenvalue weighted by Crippen LogP contribution is -2.42. The standard InChI is InChI=1S/C6H12N2O/c1-4-2-3-5(4)6(9)8-7/h4-5H,2-3,7H2,1H3,(H,8,9). The summed E-state index contributed by atoms with van der Waals surface area (Å²) in [4.78, 5) is 10.8. The maximum absolute atomic E-state index is 10.8. The summed E-state index contributed by atoms with van der Waals surface area (Å²) in [5.74, 6) is 5.66. The van der Waals surface area contributed by atoms with E-state index >= 15 is 0 Å². The van der Waals surface area contributed by atoms with E-state index in [1.807, 2.05) is 0 Å². The zero-order valence-corrected chi connectivity index (χ0v) is 5.55. The van der Waals surface area contributed by atoms with Crippen molar-refractivity contribution in [3.05, 3.63) is 0 Å². The summed E-state index contributed by atoms with van der Waals surface area (Å²) < 4.78 is 0. The number of carbonyl (C=O) groups excluding carboxylic acids is 1. The molecule has 0 aliphatic heterocycles. The minimum absolute atomic E-state index is 0.00579. The third-order valence-corrected chi connectivity index (χ3v) is 2.10. The van der Waals surface area contributed by atoms with E-state index < -0.39 is 0 Å². The van der Waals surface area contributed by atoms with E-state index in [1.165, 1.54) is 0 Å². The van der Waals surface area contributed by atoms with Gasteiger partial charge in [-0.25, -0.2) is 5.84 Å². The highest BCUT2D eigenvalue weighted by molar-refractivity contribution is 5.79. The molecule has 1 aliphatic rings. The Morgan fingerprint density at radius 2 is 2.33 bits per heavy atom. The van der Waals surface area contributed by atoms with Gasteiger partial charge in [-0.2, -0.15) is 0 Å². The van der Waals surface area contributed by atoms with E-state index in [-0.39, 0.29) is 11.8 Å². The van der Waals surface area contributed by atoms with Gasteiger partial charge >= 0.3 is 0 Å². The highest BCUT2D eigenvalue weighted by Gasteiger charge is 2.32. The van der Waals surface area contributed by atoms with Gasteiger partial charge in [-0.3, -0.25) is 10.2 Å². The zero-order valence-electron chi connectivity index (χ0n) is 5.55. The van der Waals surface area contributed by atoms with Crippen molar-refractivity contribution in [1.29, 1.82) is 0 Å². The Morgan fingerprint density at radius 1 is 1.67 bits per heavy atom. The van der Waals surface area contributed by atoms with Gasteiger partial charge in [0.15, 0.2) is 0 Å². The fourth-order valence-corrected chi connectivity index (χ4v) is 1.16. The van der Waals surface area contributed by atoms with Crippen LogP contribution < -0.4 is 11.3 Å². The number of nitrogens with two attached hydrogens (primary N) is 1. The first-order chi connectivity index (χ1) is 4.25. The molecular weight excluding hydrogens is 116 g/mol. The summed E-state index contributed by atoms with van der Waals surface area (Å²) in [5, 5.41) is 0. The Kier molecular flexibility index (Phi) is 1.71. The molecule has 0 aromatic rings. The lowest BCUT2D eigenvalue weighted by molar-refractivity contribution is -0.129. The van der Waals surface area contributed by atoms with Gasteiger partial charge in [0, 0.05) is 5.92 Å². The van der Waals surface area contributed by atoms with Crippen LogP contribution >= 0.6 is 0 Å². The molecule has 0 spiro atoms. The molecule has 0 heterocycles. The first-order valence-electron chi connectivity index (χ1n) is 3.26. The van der Waals surface area contributed by atoms with Gasteiger partial charge < -0.3 is 0 Å². The summed E-state index contributed by atoms with van der Waals surface area (Å²) >= 11 is 0. The fraction of sp³-hybridized carbons (Fsp3) is 0.833. The van der Waals surface area contributed by atoms with Crippen molar-refractivity contribution in [3.63, 3.8) is 0 Å². The first-order valence-corrected chi connectivity index (χ1v) is 3.26. The third-order valence-electron chi connectivity index (χ3n) is 2.10. The van der Waals surface area contributed by atoms with Crippen LogP contribution in [0.3, 0.4) is 0 Å².